The van der Waals surface area contributed by atoms with E-state index >= 15 is 0 Å². The number of amides is 1. The summed E-state index contributed by atoms with van der Waals surface area (Å²) in [6.45, 7) is 0. The van der Waals surface area contributed by atoms with Gasteiger partial charge in [-0.1, -0.05) is 54.6 Å². The fourth-order valence-corrected chi connectivity index (χ4v) is 3.12. The van der Waals surface area contributed by atoms with Gasteiger partial charge >= 0.3 is 0 Å². The van der Waals surface area contributed by atoms with Crippen molar-refractivity contribution in [1.82, 2.24) is 5.32 Å². The molecule has 3 N–H and O–H groups in total. The molecule has 2 aromatic carbocycles. The van der Waals surface area contributed by atoms with Crippen molar-refractivity contribution in [3.05, 3.63) is 71.3 Å². The summed E-state index contributed by atoms with van der Waals surface area (Å²) in [5, 5.41) is 3.45. The molecule has 0 fully saturated rings. The standard InChI is InChI=1S/C18H20N2O/c19-18(21)17(14-8-2-1-3-9-14)20-16-12-6-10-13-7-4-5-11-15(13)16/h1-5,7-9,11,16-17,20H,6,10,12H2,(H2,19,21)/t16-,17+/m0/s1. The minimum absolute atomic E-state index is 0.188. The second-order valence-corrected chi connectivity index (χ2v) is 5.56. The highest BCUT2D eigenvalue weighted by molar-refractivity contribution is 5.81. The summed E-state index contributed by atoms with van der Waals surface area (Å²) in [5.41, 5.74) is 9.20. The highest BCUT2D eigenvalue weighted by Crippen LogP contribution is 2.31. The number of rotatable bonds is 4. The van der Waals surface area contributed by atoms with E-state index < -0.39 is 6.04 Å². The van der Waals surface area contributed by atoms with Crippen LogP contribution in [0.15, 0.2) is 54.6 Å². The molecule has 0 saturated carbocycles. The Kier molecular flexibility index (Phi) is 4.02. The van der Waals surface area contributed by atoms with Gasteiger partial charge in [-0.05, 0) is 36.0 Å². The SMILES string of the molecule is NC(=O)[C@H](N[C@H]1CCCc2ccccc21)c1ccccc1. The molecule has 0 bridgehead atoms. The molecule has 3 nitrogen and oxygen atoms in total. The second kappa shape index (κ2) is 6.10. The third-order valence-corrected chi connectivity index (χ3v) is 4.15. The Balaban J connectivity index is 1.86. The summed E-state index contributed by atoms with van der Waals surface area (Å²) >= 11 is 0. The van der Waals surface area contributed by atoms with E-state index in [4.69, 9.17) is 5.73 Å². The van der Waals surface area contributed by atoms with E-state index in [1.165, 1.54) is 11.1 Å². The first-order chi connectivity index (χ1) is 10.3. The van der Waals surface area contributed by atoms with Gasteiger partial charge < -0.3 is 5.73 Å². The minimum atomic E-state index is -0.442. The predicted molar refractivity (Wildman–Crippen MR) is 83.6 cm³/mol. The molecule has 108 valence electrons. The van der Waals surface area contributed by atoms with E-state index in [1.54, 1.807) is 0 Å². The molecule has 1 aliphatic carbocycles. The molecular weight excluding hydrogens is 260 g/mol. The van der Waals surface area contributed by atoms with Gasteiger partial charge in [0.2, 0.25) is 5.91 Å². The van der Waals surface area contributed by atoms with Crippen LogP contribution in [0.1, 0.15) is 41.6 Å². The maximum Gasteiger partial charge on any atom is 0.239 e. The lowest BCUT2D eigenvalue weighted by Gasteiger charge is -2.29. The van der Waals surface area contributed by atoms with Crippen LogP contribution in [0.4, 0.5) is 0 Å². The molecule has 0 aliphatic heterocycles. The lowest BCUT2D eigenvalue weighted by molar-refractivity contribution is -0.120. The van der Waals surface area contributed by atoms with Gasteiger partial charge in [0, 0.05) is 6.04 Å². The fourth-order valence-electron chi connectivity index (χ4n) is 3.12. The molecule has 0 unspecified atom stereocenters. The van der Waals surface area contributed by atoms with Crippen LogP contribution in [0.5, 0.6) is 0 Å². The van der Waals surface area contributed by atoms with Crippen molar-refractivity contribution >= 4 is 5.91 Å². The number of fused-ring (bicyclic) bond motifs is 1. The summed E-state index contributed by atoms with van der Waals surface area (Å²) < 4.78 is 0. The summed E-state index contributed by atoms with van der Waals surface area (Å²) in [4.78, 5) is 11.8. The predicted octanol–water partition coefficient (Wildman–Crippen LogP) is 2.88. The molecule has 0 radical (unpaired) electrons. The lowest BCUT2D eigenvalue weighted by atomic mass is 9.87. The third-order valence-electron chi connectivity index (χ3n) is 4.15. The molecule has 3 heteroatoms. The number of hydrogen-bond acceptors (Lipinski definition) is 2. The van der Waals surface area contributed by atoms with E-state index in [0.717, 1.165) is 24.8 Å². The first kappa shape index (κ1) is 13.8. The van der Waals surface area contributed by atoms with Gasteiger partial charge in [0.15, 0.2) is 0 Å². The number of carbonyl (C=O) groups excluding carboxylic acids is 1. The Morgan fingerprint density at radius 1 is 1.10 bits per heavy atom. The number of nitrogens with one attached hydrogen (secondary N) is 1. The minimum Gasteiger partial charge on any atom is -0.368 e. The number of carbonyl (C=O) groups is 1. The highest BCUT2D eigenvalue weighted by Gasteiger charge is 2.25. The van der Waals surface area contributed by atoms with Crippen molar-refractivity contribution in [2.75, 3.05) is 0 Å². The van der Waals surface area contributed by atoms with Crippen LogP contribution in [0, 0.1) is 0 Å². The van der Waals surface area contributed by atoms with E-state index in [9.17, 15) is 4.79 Å². The van der Waals surface area contributed by atoms with Gasteiger partial charge in [-0.3, -0.25) is 10.1 Å². The first-order valence-electron chi connectivity index (χ1n) is 7.44. The van der Waals surface area contributed by atoms with Gasteiger partial charge in [0.1, 0.15) is 6.04 Å². The Labute approximate surface area is 125 Å². The quantitative estimate of drug-likeness (QED) is 0.904. The molecule has 0 saturated heterocycles. The summed E-state index contributed by atoms with van der Waals surface area (Å²) in [6.07, 6.45) is 3.28. The van der Waals surface area contributed by atoms with Crippen molar-refractivity contribution in [1.29, 1.82) is 0 Å². The molecular formula is C18H20N2O. The van der Waals surface area contributed by atoms with Crippen LogP contribution in [-0.2, 0) is 11.2 Å². The number of aryl methyl sites for hydroxylation is 1. The Bertz CT molecular complexity index is 624. The Hall–Kier alpha value is -2.13. The third kappa shape index (κ3) is 2.98. The molecule has 2 aromatic rings. The van der Waals surface area contributed by atoms with Crippen LogP contribution >= 0.6 is 0 Å². The van der Waals surface area contributed by atoms with Gasteiger partial charge in [0.05, 0.1) is 0 Å². The molecule has 21 heavy (non-hydrogen) atoms. The van der Waals surface area contributed by atoms with Crippen LogP contribution in [0.3, 0.4) is 0 Å². The zero-order valence-corrected chi connectivity index (χ0v) is 12.0. The smallest absolute Gasteiger partial charge is 0.239 e. The fraction of sp³-hybridized carbons (Fsp3) is 0.278. The molecule has 3 rings (SSSR count). The van der Waals surface area contributed by atoms with Crippen LogP contribution in [0.2, 0.25) is 0 Å². The molecule has 0 heterocycles. The molecule has 1 aliphatic rings. The van der Waals surface area contributed by atoms with Crippen LogP contribution in [-0.4, -0.2) is 5.91 Å². The van der Waals surface area contributed by atoms with E-state index in [2.05, 4.69) is 29.6 Å². The lowest BCUT2D eigenvalue weighted by Crippen LogP contribution is -2.37. The highest BCUT2D eigenvalue weighted by atomic mass is 16.1. The van der Waals surface area contributed by atoms with E-state index in [1.807, 2.05) is 30.3 Å². The summed E-state index contributed by atoms with van der Waals surface area (Å²) in [5.74, 6) is -0.329. The second-order valence-electron chi connectivity index (χ2n) is 5.56. The van der Waals surface area contributed by atoms with Gasteiger partial charge in [0.25, 0.3) is 0 Å². The Morgan fingerprint density at radius 2 is 1.81 bits per heavy atom. The Morgan fingerprint density at radius 3 is 2.57 bits per heavy atom. The van der Waals surface area contributed by atoms with Crippen LogP contribution in [0.25, 0.3) is 0 Å². The molecule has 2 atom stereocenters. The number of nitrogens with two attached hydrogens (primary N) is 1. The van der Waals surface area contributed by atoms with Crippen molar-refractivity contribution in [2.24, 2.45) is 5.73 Å². The normalized spacial score (nSPS) is 18.8. The van der Waals surface area contributed by atoms with Gasteiger partial charge in [-0.25, -0.2) is 0 Å². The largest absolute Gasteiger partial charge is 0.368 e. The van der Waals surface area contributed by atoms with Crippen LogP contribution < -0.4 is 11.1 Å². The van der Waals surface area contributed by atoms with Crippen molar-refractivity contribution in [2.45, 2.75) is 31.3 Å². The molecule has 0 spiro atoms. The number of hydrogen-bond donors (Lipinski definition) is 2. The summed E-state index contributed by atoms with van der Waals surface area (Å²) in [6, 6.07) is 17.9. The molecule has 1 amide bonds. The topological polar surface area (TPSA) is 55.1 Å². The van der Waals surface area contributed by atoms with E-state index in [0.29, 0.717) is 0 Å². The average Bonchev–Trinajstić information content (AvgIpc) is 2.53. The number of primary amides is 1. The average molecular weight is 280 g/mol. The maximum absolute atomic E-state index is 11.8. The zero-order chi connectivity index (χ0) is 14.7. The van der Waals surface area contributed by atoms with Crippen molar-refractivity contribution in [3.63, 3.8) is 0 Å². The zero-order valence-electron chi connectivity index (χ0n) is 12.0. The maximum atomic E-state index is 11.8. The van der Waals surface area contributed by atoms with Gasteiger partial charge in [-0.2, -0.15) is 0 Å². The first-order valence-corrected chi connectivity index (χ1v) is 7.44. The summed E-state index contributed by atoms with van der Waals surface area (Å²) in [7, 11) is 0. The molecule has 0 aromatic heterocycles. The number of benzene rings is 2. The van der Waals surface area contributed by atoms with Gasteiger partial charge in [-0.15, -0.1) is 0 Å². The monoisotopic (exact) mass is 280 g/mol. The van der Waals surface area contributed by atoms with Crippen molar-refractivity contribution < 1.29 is 4.79 Å². The van der Waals surface area contributed by atoms with Crippen molar-refractivity contribution in [3.8, 4) is 0 Å². The van der Waals surface area contributed by atoms with E-state index in [-0.39, 0.29) is 11.9 Å².